The Hall–Kier alpha value is -1.33. The average Bonchev–Trinajstić information content (AvgIpc) is 2.67. The van der Waals surface area contributed by atoms with Crippen molar-refractivity contribution in [2.24, 2.45) is 5.41 Å². The fraction of sp³-hybridized carbons (Fsp3) is 0.562. The van der Waals surface area contributed by atoms with Gasteiger partial charge in [-0.05, 0) is 35.8 Å². The van der Waals surface area contributed by atoms with E-state index in [0.717, 1.165) is 18.4 Å². The van der Waals surface area contributed by atoms with Crippen LogP contribution in [0.4, 0.5) is 0 Å². The lowest BCUT2D eigenvalue weighted by molar-refractivity contribution is 0.0679. The minimum atomic E-state index is -0.704. The monoisotopic (exact) mass is 243 g/mol. The van der Waals surface area contributed by atoms with Crippen LogP contribution in [0.15, 0.2) is 24.3 Å². The summed E-state index contributed by atoms with van der Waals surface area (Å²) in [5.74, 6) is 0. The van der Waals surface area contributed by atoms with Gasteiger partial charge in [-0.25, -0.2) is 0 Å². The quantitative estimate of drug-likeness (QED) is 0.867. The van der Waals surface area contributed by atoms with Crippen molar-refractivity contribution in [1.82, 2.24) is 0 Å². The topological polar surface area (TPSA) is 44.0 Å². The predicted octanol–water partition coefficient (Wildman–Crippen LogP) is 3.19. The molecule has 2 heteroatoms. The van der Waals surface area contributed by atoms with Crippen molar-refractivity contribution in [1.29, 1.82) is 5.26 Å². The summed E-state index contributed by atoms with van der Waals surface area (Å²) < 4.78 is 0. The van der Waals surface area contributed by atoms with Crippen LogP contribution in [0, 0.1) is 16.7 Å². The third-order valence-electron chi connectivity index (χ3n) is 3.86. The zero-order valence-electron chi connectivity index (χ0n) is 11.4. The molecule has 0 bridgehead atoms. The number of aliphatic hydroxyl groups excluding tert-OH is 1. The van der Waals surface area contributed by atoms with E-state index in [1.165, 1.54) is 5.56 Å². The number of hydrogen-bond donors (Lipinski definition) is 1. The molecule has 1 aliphatic rings. The van der Waals surface area contributed by atoms with Crippen LogP contribution in [0.3, 0.4) is 0 Å². The Morgan fingerprint density at radius 2 is 2.06 bits per heavy atom. The fourth-order valence-corrected chi connectivity index (χ4v) is 2.93. The molecule has 1 aliphatic carbocycles. The standard InChI is InChI=1S/C16H21NO/c1-15(2,3)10-14(18)16(11-17)9-8-12-6-4-5-7-13(12)16/h4-7,14,18H,8-10H2,1-3H3. The van der Waals surface area contributed by atoms with E-state index in [-0.39, 0.29) is 5.41 Å². The van der Waals surface area contributed by atoms with E-state index >= 15 is 0 Å². The summed E-state index contributed by atoms with van der Waals surface area (Å²) in [6, 6.07) is 10.4. The third kappa shape index (κ3) is 2.15. The summed E-state index contributed by atoms with van der Waals surface area (Å²) in [5.41, 5.74) is 1.57. The maximum absolute atomic E-state index is 10.6. The Morgan fingerprint density at radius 1 is 1.39 bits per heavy atom. The lowest BCUT2D eigenvalue weighted by atomic mass is 9.72. The van der Waals surface area contributed by atoms with Gasteiger partial charge in [0.25, 0.3) is 0 Å². The number of aliphatic hydroxyl groups is 1. The Labute approximate surface area is 109 Å². The largest absolute Gasteiger partial charge is 0.391 e. The van der Waals surface area contributed by atoms with Crippen LogP contribution in [0.1, 0.15) is 44.7 Å². The Balaban J connectivity index is 2.38. The van der Waals surface area contributed by atoms with E-state index in [0.29, 0.717) is 6.42 Å². The second-order valence-electron chi connectivity index (χ2n) is 6.52. The lowest BCUT2D eigenvalue weighted by Crippen LogP contribution is -2.38. The summed E-state index contributed by atoms with van der Waals surface area (Å²) >= 11 is 0. The Bertz CT molecular complexity index is 481. The molecule has 2 nitrogen and oxygen atoms in total. The number of rotatable bonds is 2. The summed E-state index contributed by atoms with van der Waals surface area (Å²) in [6.07, 6.45) is 1.69. The van der Waals surface area contributed by atoms with Crippen molar-refractivity contribution >= 4 is 0 Å². The first-order valence-electron chi connectivity index (χ1n) is 6.57. The zero-order valence-corrected chi connectivity index (χ0v) is 11.4. The van der Waals surface area contributed by atoms with Crippen molar-refractivity contribution in [3.8, 4) is 6.07 Å². The number of fused-ring (bicyclic) bond motifs is 1. The lowest BCUT2D eigenvalue weighted by Gasteiger charge is -2.33. The van der Waals surface area contributed by atoms with Crippen LogP contribution in [-0.4, -0.2) is 11.2 Å². The van der Waals surface area contributed by atoms with Gasteiger partial charge in [0.15, 0.2) is 0 Å². The zero-order chi connectivity index (χ0) is 13.4. The molecule has 0 amide bonds. The smallest absolute Gasteiger partial charge is 0.109 e. The van der Waals surface area contributed by atoms with Gasteiger partial charge in [-0.3, -0.25) is 0 Å². The van der Waals surface area contributed by atoms with E-state index < -0.39 is 11.5 Å². The highest BCUT2D eigenvalue weighted by Crippen LogP contribution is 2.43. The molecule has 96 valence electrons. The normalized spacial score (nSPS) is 24.4. The molecular formula is C16H21NO. The van der Waals surface area contributed by atoms with Crippen LogP contribution in [0.2, 0.25) is 0 Å². The van der Waals surface area contributed by atoms with Crippen molar-refractivity contribution in [3.63, 3.8) is 0 Å². The van der Waals surface area contributed by atoms with Gasteiger partial charge in [0.2, 0.25) is 0 Å². The second-order valence-corrected chi connectivity index (χ2v) is 6.52. The highest BCUT2D eigenvalue weighted by atomic mass is 16.3. The third-order valence-corrected chi connectivity index (χ3v) is 3.86. The summed E-state index contributed by atoms with van der Waals surface area (Å²) in [4.78, 5) is 0. The highest BCUT2D eigenvalue weighted by Gasteiger charge is 2.45. The molecule has 2 unspecified atom stereocenters. The molecule has 1 N–H and O–H groups in total. The fourth-order valence-electron chi connectivity index (χ4n) is 2.93. The molecule has 2 rings (SSSR count). The van der Waals surface area contributed by atoms with Crippen LogP contribution < -0.4 is 0 Å². The minimum Gasteiger partial charge on any atom is -0.391 e. The van der Waals surface area contributed by atoms with Crippen molar-refractivity contribution in [3.05, 3.63) is 35.4 Å². The van der Waals surface area contributed by atoms with Crippen LogP contribution >= 0.6 is 0 Å². The van der Waals surface area contributed by atoms with Crippen LogP contribution in [-0.2, 0) is 11.8 Å². The van der Waals surface area contributed by atoms with Crippen LogP contribution in [0.5, 0.6) is 0 Å². The molecule has 0 aliphatic heterocycles. The van der Waals surface area contributed by atoms with Gasteiger partial charge in [0, 0.05) is 0 Å². The van der Waals surface area contributed by atoms with Gasteiger partial charge in [0.1, 0.15) is 5.41 Å². The van der Waals surface area contributed by atoms with Crippen molar-refractivity contribution in [2.45, 2.75) is 51.6 Å². The molecule has 2 atom stereocenters. The van der Waals surface area contributed by atoms with Crippen molar-refractivity contribution < 1.29 is 5.11 Å². The average molecular weight is 243 g/mol. The molecule has 0 saturated carbocycles. The van der Waals surface area contributed by atoms with Gasteiger partial charge in [-0.2, -0.15) is 5.26 Å². The molecule has 0 spiro atoms. The Kier molecular flexibility index (Phi) is 3.21. The maximum Gasteiger partial charge on any atom is 0.109 e. The molecule has 1 aromatic carbocycles. The van der Waals surface area contributed by atoms with E-state index in [1.54, 1.807) is 0 Å². The molecule has 0 fully saturated rings. The van der Waals surface area contributed by atoms with E-state index in [2.05, 4.69) is 32.9 Å². The van der Waals surface area contributed by atoms with E-state index in [1.807, 2.05) is 18.2 Å². The first kappa shape index (κ1) is 13.1. The van der Waals surface area contributed by atoms with Crippen LogP contribution in [0.25, 0.3) is 0 Å². The minimum absolute atomic E-state index is 0.0286. The molecule has 18 heavy (non-hydrogen) atoms. The number of aryl methyl sites for hydroxylation is 1. The van der Waals surface area contributed by atoms with Gasteiger partial charge < -0.3 is 5.11 Å². The summed E-state index contributed by atoms with van der Waals surface area (Å²) in [6.45, 7) is 6.30. The molecule has 1 aromatic rings. The maximum atomic E-state index is 10.6. The molecule has 0 aromatic heterocycles. The summed E-state index contributed by atoms with van der Waals surface area (Å²) in [7, 11) is 0. The second kappa shape index (κ2) is 4.40. The Morgan fingerprint density at radius 3 is 2.67 bits per heavy atom. The molecule has 0 radical (unpaired) electrons. The van der Waals surface area contributed by atoms with Crippen molar-refractivity contribution in [2.75, 3.05) is 0 Å². The predicted molar refractivity (Wildman–Crippen MR) is 72.1 cm³/mol. The van der Waals surface area contributed by atoms with Gasteiger partial charge in [0.05, 0.1) is 12.2 Å². The number of hydrogen-bond acceptors (Lipinski definition) is 2. The first-order chi connectivity index (χ1) is 8.39. The highest BCUT2D eigenvalue weighted by molar-refractivity contribution is 5.45. The van der Waals surface area contributed by atoms with E-state index in [9.17, 15) is 10.4 Å². The molecule has 0 saturated heterocycles. The van der Waals surface area contributed by atoms with E-state index in [4.69, 9.17) is 0 Å². The SMILES string of the molecule is CC(C)(C)CC(O)C1(C#N)CCc2ccccc21. The first-order valence-corrected chi connectivity index (χ1v) is 6.57. The number of nitriles is 1. The van der Waals surface area contributed by atoms with Gasteiger partial charge >= 0.3 is 0 Å². The molecular weight excluding hydrogens is 222 g/mol. The van der Waals surface area contributed by atoms with Gasteiger partial charge in [-0.15, -0.1) is 0 Å². The number of nitrogens with zero attached hydrogens (tertiary/aromatic N) is 1. The summed E-state index contributed by atoms with van der Waals surface area (Å²) in [5, 5.41) is 20.2. The molecule has 0 heterocycles. The van der Waals surface area contributed by atoms with Gasteiger partial charge in [-0.1, -0.05) is 45.0 Å². The number of benzene rings is 1.